The molecule has 1 aromatic rings. The second kappa shape index (κ2) is 5.58. The van der Waals surface area contributed by atoms with Crippen LogP contribution in [-0.2, 0) is 4.79 Å². The lowest BCUT2D eigenvalue weighted by Gasteiger charge is -2.59. The molecule has 1 N–H and O–H groups in total. The summed E-state index contributed by atoms with van der Waals surface area (Å²) < 4.78 is 29.6. The van der Waals surface area contributed by atoms with Crippen LogP contribution in [0, 0.1) is 17.3 Å². The molecule has 4 bridgehead atoms. The van der Waals surface area contributed by atoms with E-state index in [4.69, 9.17) is 11.6 Å². The second-order valence-electron chi connectivity index (χ2n) is 7.72. The zero-order valence-corrected chi connectivity index (χ0v) is 14.0. The Morgan fingerprint density at radius 3 is 2.50 bits per heavy atom. The number of rotatable bonds is 4. The number of anilines is 1. The fourth-order valence-electron chi connectivity index (χ4n) is 5.44. The monoisotopic (exact) mass is 355 g/mol. The lowest BCUT2D eigenvalue weighted by Crippen LogP contribution is -2.57. The lowest BCUT2D eigenvalue weighted by atomic mass is 9.49. The van der Waals surface area contributed by atoms with E-state index in [1.807, 2.05) is 0 Å². The van der Waals surface area contributed by atoms with Crippen LogP contribution < -0.4 is 10.1 Å². The maximum Gasteiger partial charge on any atom is 0.387 e. The van der Waals surface area contributed by atoms with Gasteiger partial charge in [0.2, 0.25) is 5.91 Å². The smallest absolute Gasteiger partial charge is 0.387 e. The normalized spacial score (nSPS) is 36.8. The number of carbonyl (C=O) groups is 1. The minimum atomic E-state index is -2.92. The Hall–Kier alpha value is -1.36. The first-order chi connectivity index (χ1) is 11.4. The number of nitrogens with one attached hydrogen (secondary N) is 1. The summed E-state index contributed by atoms with van der Waals surface area (Å²) in [6.45, 7) is -2.92. The summed E-state index contributed by atoms with van der Waals surface area (Å²) >= 11 is 6.76. The molecule has 2 atom stereocenters. The molecule has 0 heterocycles. The standard InChI is InChI=1S/C18H20ClF2NO2/c19-18-8-11-5-12(9-18)7-17(6-11,10-18)15(23)22-13-3-1-2-4-14(13)24-16(20)21/h1-4,11-12,16H,5-10H2,(H,22,23). The van der Waals surface area contributed by atoms with Crippen molar-refractivity contribution in [1.29, 1.82) is 0 Å². The highest BCUT2D eigenvalue weighted by molar-refractivity contribution is 6.24. The SMILES string of the molecule is O=C(Nc1ccccc1OC(F)F)C12CC3CC(CC(Cl)(C3)C1)C2. The van der Waals surface area contributed by atoms with E-state index in [0.29, 0.717) is 23.9 Å². The van der Waals surface area contributed by atoms with Gasteiger partial charge in [0.1, 0.15) is 5.75 Å². The molecule has 4 aliphatic carbocycles. The van der Waals surface area contributed by atoms with Crippen LogP contribution in [0.4, 0.5) is 14.5 Å². The van der Waals surface area contributed by atoms with Gasteiger partial charge in [-0.2, -0.15) is 8.78 Å². The Balaban J connectivity index is 1.57. The molecule has 5 rings (SSSR count). The molecule has 4 saturated carbocycles. The van der Waals surface area contributed by atoms with Crippen LogP contribution in [0.3, 0.4) is 0 Å². The van der Waals surface area contributed by atoms with Crippen molar-refractivity contribution < 1.29 is 18.3 Å². The molecule has 0 radical (unpaired) electrons. The quantitative estimate of drug-likeness (QED) is 0.787. The second-order valence-corrected chi connectivity index (χ2v) is 8.52. The van der Waals surface area contributed by atoms with Crippen molar-refractivity contribution in [1.82, 2.24) is 0 Å². The number of benzene rings is 1. The number of hydrogen-bond acceptors (Lipinski definition) is 2. The Morgan fingerprint density at radius 1 is 1.21 bits per heavy atom. The van der Waals surface area contributed by atoms with Gasteiger partial charge in [0.05, 0.1) is 11.1 Å². The van der Waals surface area contributed by atoms with Crippen molar-refractivity contribution in [3.63, 3.8) is 0 Å². The highest BCUT2D eigenvalue weighted by atomic mass is 35.5. The molecule has 6 heteroatoms. The van der Waals surface area contributed by atoms with Crippen LogP contribution in [-0.4, -0.2) is 17.4 Å². The molecule has 0 aliphatic heterocycles. The lowest BCUT2D eigenvalue weighted by molar-refractivity contribution is -0.138. The molecule has 0 aromatic heterocycles. The molecule has 1 amide bonds. The largest absolute Gasteiger partial charge is 0.433 e. The van der Waals surface area contributed by atoms with E-state index in [2.05, 4.69) is 10.1 Å². The molecule has 4 aliphatic rings. The predicted octanol–water partition coefficient (Wildman–Crippen LogP) is 4.80. The first-order valence-corrected chi connectivity index (χ1v) is 8.80. The zero-order chi connectivity index (χ0) is 16.9. The third-order valence-electron chi connectivity index (χ3n) is 5.82. The van der Waals surface area contributed by atoms with Gasteiger partial charge in [-0.25, -0.2) is 0 Å². The molecule has 0 spiro atoms. The van der Waals surface area contributed by atoms with E-state index in [9.17, 15) is 13.6 Å². The number of halogens is 3. The zero-order valence-electron chi connectivity index (χ0n) is 13.2. The Kier molecular flexibility index (Phi) is 3.75. The molecular weight excluding hydrogens is 336 g/mol. The van der Waals surface area contributed by atoms with Gasteiger partial charge in [0.25, 0.3) is 0 Å². The first kappa shape index (κ1) is 16.1. The van der Waals surface area contributed by atoms with Crippen molar-refractivity contribution in [2.45, 2.75) is 50.0 Å². The van der Waals surface area contributed by atoms with Crippen LogP contribution in [0.1, 0.15) is 38.5 Å². The summed E-state index contributed by atoms with van der Waals surface area (Å²) in [6.07, 6.45) is 5.52. The fraction of sp³-hybridized carbons (Fsp3) is 0.611. The van der Waals surface area contributed by atoms with E-state index in [1.165, 1.54) is 6.07 Å². The summed E-state index contributed by atoms with van der Waals surface area (Å²) in [5.41, 5.74) is -0.175. The minimum Gasteiger partial charge on any atom is -0.433 e. The van der Waals surface area contributed by atoms with Crippen LogP contribution in [0.2, 0.25) is 0 Å². The third-order valence-corrected chi connectivity index (χ3v) is 6.26. The van der Waals surface area contributed by atoms with Gasteiger partial charge in [-0.3, -0.25) is 4.79 Å². The van der Waals surface area contributed by atoms with Crippen molar-refractivity contribution in [3.05, 3.63) is 24.3 Å². The van der Waals surface area contributed by atoms with Crippen LogP contribution >= 0.6 is 11.6 Å². The van der Waals surface area contributed by atoms with Crippen molar-refractivity contribution in [3.8, 4) is 5.75 Å². The number of amides is 1. The van der Waals surface area contributed by atoms with E-state index >= 15 is 0 Å². The van der Waals surface area contributed by atoms with Gasteiger partial charge in [-0.1, -0.05) is 12.1 Å². The molecule has 1 aromatic carbocycles. The molecular formula is C18H20ClF2NO2. The molecule has 3 nitrogen and oxygen atoms in total. The first-order valence-electron chi connectivity index (χ1n) is 8.42. The van der Waals surface area contributed by atoms with E-state index < -0.39 is 12.0 Å². The number of carbonyl (C=O) groups excluding carboxylic acids is 1. The highest BCUT2D eigenvalue weighted by Crippen LogP contribution is 2.64. The van der Waals surface area contributed by atoms with Gasteiger partial charge in [0.15, 0.2) is 0 Å². The molecule has 130 valence electrons. The summed E-state index contributed by atoms with van der Waals surface area (Å²) in [6, 6.07) is 6.32. The van der Waals surface area contributed by atoms with E-state index in [-0.39, 0.29) is 16.5 Å². The Labute approximate surface area is 144 Å². The minimum absolute atomic E-state index is 0.00818. The summed E-state index contributed by atoms with van der Waals surface area (Å²) in [4.78, 5) is 12.8. The topological polar surface area (TPSA) is 38.3 Å². The van der Waals surface area contributed by atoms with Gasteiger partial charge < -0.3 is 10.1 Å². The highest BCUT2D eigenvalue weighted by Gasteiger charge is 2.60. The van der Waals surface area contributed by atoms with Gasteiger partial charge in [-0.05, 0) is 62.5 Å². The Morgan fingerprint density at radius 2 is 1.88 bits per heavy atom. The average Bonchev–Trinajstić information content (AvgIpc) is 2.46. The molecule has 2 unspecified atom stereocenters. The van der Waals surface area contributed by atoms with Crippen molar-refractivity contribution in [2.24, 2.45) is 17.3 Å². The Bertz CT molecular complexity index is 652. The fourth-order valence-corrected chi connectivity index (χ4v) is 6.13. The van der Waals surface area contributed by atoms with E-state index in [1.54, 1.807) is 18.2 Å². The van der Waals surface area contributed by atoms with E-state index in [0.717, 1.165) is 32.1 Å². The number of hydrogen-bond donors (Lipinski definition) is 1. The van der Waals surface area contributed by atoms with Crippen molar-refractivity contribution in [2.75, 3.05) is 5.32 Å². The summed E-state index contributed by atoms with van der Waals surface area (Å²) in [5.74, 6) is 0.891. The van der Waals surface area contributed by atoms with Gasteiger partial charge in [0, 0.05) is 4.87 Å². The van der Waals surface area contributed by atoms with Crippen molar-refractivity contribution >= 4 is 23.2 Å². The molecule has 0 saturated heterocycles. The molecule has 24 heavy (non-hydrogen) atoms. The maximum absolute atomic E-state index is 13.0. The third kappa shape index (κ3) is 2.77. The number of ether oxygens (including phenoxy) is 1. The predicted molar refractivity (Wildman–Crippen MR) is 87.4 cm³/mol. The summed E-state index contributed by atoms with van der Waals surface area (Å²) in [7, 11) is 0. The van der Waals surface area contributed by atoms with Crippen LogP contribution in [0.15, 0.2) is 24.3 Å². The molecule has 4 fully saturated rings. The average molecular weight is 356 g/mol. The van der Waals surface area contributed by atoms with Gasteiger partial charge >= 0.3 is 6.61 Å². The van der Waals surface area contributed by atoms with Crippen LogP contribution in [0.25, 0.3) is 0 Å². The number of para-hydroxylation sites is 2. The van der Waals surface area contributed by atoms with Gasteiger partial charge in [-0.15, -0.1) is 11.6 Å². The number of alkyl halides is 3. The van der Waals surface area contributed by atoms with Crippen LogP contribution in [0.5, 0.6) is 5.75 Å². The summed E-state index contributed by atoms with van der Waals surface area (Å²) in [5, 5.41) is 2.83. The maximum atomic E-state index is 13.0.